The number of carbonyl (C=O) groups excluding carboxylic acids is 1. The number of hydrogen-bond donors (Lipinski definition) is 1. The van der Waals surface area contributed by atoms with Crippen LogP contribution >= 0.6 is 0 Å². The summed E-state index contributed by atoms with van der Waals surface area (Å²) in [6.07, 6.45) is 0. The molecule has 0 aliphatic rings. The van der Waals surface area contributed by atoms with Gasteiger partial charge < -0.3 is 14.6 Å². The molecule has 0 atom stereocenters. The zero-order valence-electron chi connectivity index (χ0n) is 9.51. The van der Waals surface area contributed by atoms with E-state index >= 15 is 0 Å². The van der Waals surface area contributed by atoms with Crippen molar-refractivity contribution in [1.29, 1.82) is 0 Å². The van der Waals surface area contributed by atoms with Crippen LogP contribution in [0.1, 0.15) is 15.9 Å². The Morgan fingerprint density at radius 3 is 2.47 bits per heavy atom. The Balaban J connectivity index is 3.59. The molecule has 92 valence electrons. The third-order valence-electron chi connectivity index (χ3n) is 2.29. The van der Waals surface area contributed by atoms with E-state index in [9.17, 15) is 20.0 Å². The summed E-state index contributed by atoms with van der Waals surface area (Å²) in [4.78, 5) is 21.4. The highest BCUT2D eigenvalue weighted by molar-refractivity contribution is 5.95. The Kier molecular flexibility index (Phi) is 3.52. The first-order valence-corrected chi connectivity index (χ1v) is 4.57. The number of benzene rings is 1. The van der Waals surface area contributed by atoms with E-state index in [-0.39, 0.29) is 16.9 Å². The monoisotopic (exact) mass is 241 g/mol. The van der Waals surface area contributed by atoms with Crippen molar-refractivity contribution in [2.24, 2.45) is 0 Å². The second kappa shape index (κ2) is 4.69. The van der Waals surface area contributed by atoms with E-state index in [1.807, 2.05) is 0 Å². The molecule has 17 heavy (non-hydrogen) atoms. The average molecular weight is 241 g/mol. The van der Waals surface area contributed by atoms with Gasteiger partial charge in [-0.15, -0.1) is 0 Å². The molecule has 0 radical (unpaired) electrons. The van der Waals surface area contributed by atoms with E-state index in [2.05, 4.69) is 4.74 Å². The van der Waals surface area contributed by atoms with Crippen molar-refractivity contribution in [2.45, 2.75) is 6.92 Å². The van der Waals surface area contributed by atoms with Gasteiger partial charge in [0.05, 0.1) is 24.7 Å². The van der Waals surface area contributed by atoms with Crippen LogP contribution < -0.4 is 4.74 Å². The van der Waals surface area contributed by atoms with Gasteiger partial charge in [0.1, 0.15) is 11.3 Å². The number of nitro groups is 1. The number of phenolic OH excluding ortho intramolecular Hbond substituents is 1. The molecule has 0 amide bonds. The fourth-order valence-corrected chi connectivity index (χ4v) is 1.43. The zero-order valence-corrected chi connectivity index (χ0v) is 9.51. The lowest BCUT2D eigenvalue weighted by Gasteiger charge is -2.09. The number of methoxy groups -OCH3 is 2. The quantitative estimate of drug-likeness (QED) is 0.488. The molecule has 0 aliphatic heterocycles. The molecule has 1 aromatic rings. The summed E-state index contributed by atoms with van der Waals surface area (Å²) in [5, 5.41) is 20.5. The van der Waals surface area contributed by atoms with Crippen molar-refractivity contribution < 1.29 is 24.3 Å². The number of phenols is 1. The zero-order chi connectivity index (χ0) is 13.2. The van der Waals surface area contributed by atoms with Crippen LogP contribution in [0.5, 0.6) is 11.5 Å². The van der Waals surface area contributed by atoms with Gasteiger partial charge in [-0.2, -0.15) is 0 Å². The molecule has 7 heteroatoms. The van der Waals surface area contributed by atoms with Crippen LogP contribution in [0.2, 0.25) is 0 Å². The third-order valence-corrected chi connectivity index (χ3v) is 2.29. The maximum Gasteiger partial charge on any atom is 0.342 e. The van der Waals surface area contributed by atoms with Gasteiger partial charge in [-0.25, -0.2) is 4.79 Å². The molecule has 0 spiro atoms. The molecule has 0 aromatic heterocycles. The lowest BCUT2D eigenvalue weighted by atomic mass is 10.1. The van der Waals surface area contributed by atoms with Gasteiger partial charge in [0.2, 0.25) is 5.75 Å². The molecule has 0 fully saturated rings. The minimum absolute atomic E-state index is 0.134. The first-order chi connectivity index (χ1) is 7.93. The predicted molar refractivity (Wildman–Crippen MR) is 57.4 cm³/mol. The van der Waals surface area contributed by atoms with E-state index in [0.29, 0.717) is 0 Å². The average Bonchev–Trinajstić information content (AvgIpc) is 2.28. The number of carbonyl (C=O) groups is 1. The predicted octanol–water partition coefficient (Wildman–Crippen LogP) is 1.40. The van der Waals surface area contributed by atoms with Crippen LogP contribution in [-0.4, -0.2) is 30.2 Å². The summed E-state index contributed by atoms with van der Waals surface area (Å²) in [7, 11) is 2.42. The molecule has 1 rings (SSSR count). The summed E-state index contributed by atoms with van der Waals surface area (Å²) in [6, 6.07) is 1.20. The van der Waals surface area contributed by atoms with E-state index < -0.39 is 22.3 Å². The largest absolute Gasteiger partial charge is 0.501 e. The molecule has 0 unspecified atom stereocenters. The molecule has 0 saturated heterocycles. The SMILES string of the molecule is COC(=O)c1cc(OC)c(C)c([N+](=O)[O-])c1O. The standard InChI is InChI=1S/C10H11NO6/c1-5-7(16-2)4-6(10(13)17-3)9(12)8(5)11(14)15/h4,12H,1-3H3. The van der Waals surface area contributed by atoms with Gasteiger partial charge in [0.15, 0.2) is 0 Å². The highest BCUT2D eigenvalue weighted by Gasteiger charge is 2.28. The molecule has 0 saturated carbocycles. The molecule has 0 heterocycles. The lowest BCUT2D eigenvalue weighted by molar-refractivity contribution is -0.386. The van der Waals surface area contributed by atoms with E-state index in [4.69, 9.17) is 4.74 Å². The number of nitrogens with zero attached hydrogens (tertiary/aromatic N) is 1. The lowest BCUT2D eigenvalue weighted by Crippen LogP contribution is -2.05. The van der Waals surface area contributed by atoms with Crippen LogP contribution in [-0.2, 0) is 4.74 Å². The van der Waals surface area contributed by atoms with Gasteiger partial charge in [0.25, 0.3) is 0 Å². The number of aromatic hydroxyl groups is 1. The normalized spacial score (nSPS) is 9.82. The van der Waals surface area contributed by atoms with Crippen LogP contribution in [0.25, 0.3) is 0 Å². The van der Waals surface area contributed by atoms with Crippen molar-refractivity contribution in [1.82, 2.24) is 0 Å². The van der Waals surface area contributed by atoms with Crippen molar-refractivity contribution in [2.75, 3.05) is 14.2 Å². The van der Waals surface area contributed by atoms with Crippen LogP contribution in [0, 0.1) is 17.0 Å². The second-order valence-corrected chi connectivity index (χ2v) is 3.20. The van der Waals surface area contributed by atoms with Gasteiger partial charge in [0, 0.05) is 0 Å². The van der Waals surface area contributed by atoms with E-state index in [0.717, 1.165) is 7.11 Å². The number of esters is 1. The molecular formula is C10H11NO6. The topological polar surface area (TPSA) is 98.9 Å². The Bertz CT molecular complexity index is 482. The van der Waals surface area contributed by atoms with Crippen molar-refractivity contribution >= 4 is 11.7 Å². The maximum absolute atomic E-state index is 11.3. The highest BCUT2D eigenvalue weighted by Crippen LogP contribution is 2.39. The summed E-state index contributed by atoms with van der Waals surface area (Å²) >= 11 is 0. The Labute approximate surface area is 96.7 Å². The first kappa shape index (κ1) is 12.8. The summed E-state index contributed by atoms with van der Waals surface area (Å²) in [6.45, 7) is 1.41. The molecule has 0 aliphatic carbocycles. The summed E-state index contributed by atoms with van der Waals surface area (Å²) in [5.74, 6) is -1.46. The molecule has 1 N–H and O–H groups in total. The van der Waals surface area contributed by atoms with Crippen LogP contribution in [0.15, 0.2) is 6.07 Å². The third kappa shape index (κ3) is 2.12. The van der Waals surface area contributed by atoms with Gasteiger partial charge >= 0.3 is 11.7 Å². The number of hydrogen-bond acceptors (Lipinski definition) is 6. The van der Waals surface area contributed by atoms with Crippen LogP contribution in [0.3, 0.4) is 0 Å². The fraction of sp³-hybridized carbons (Fsp3) is 0.300. The highest BCUT2D eigenvalue weighted by atomic mass is 16.6. The Hall–Kier alpha value is -2.31. The first-order valence-electron chi connectivity index (χ1n) is 4.57. The molecular weight excluding hydrogens is 230 g/mol. The number of rotatable bonds is 3. The van der Waals surface area contributed by atoms with Crippen molar-refractivity contribution in [3.8, 4) is 11.5 Å². The number of nitro benzene ring substituents is 1. The molecule has 0 bridgehead atoms. The minimum atomic E-state index is -0.871. The van der Waals surface area contributed by atoms with Gasteiger partial charge in [-0.1, -0.05) is 0 Å². The summed E-state index contributed by atoms with van der Waals surface area (Å²) in [5.41, 5.74) is -0.728. The molecule has 7 nitrogen and oxygen atoms in total. The maximum atomic E-state index is 11.3. The Morgan fingerprint density at radius 1 is 1.47 bits per heavy atom. The van der Waals surface area contributed by atoms with Crippen molar-refractivity contribution in [3.63, 3.8) is 0 Å². The van der Waals surface area contributed by atoms with Gasteiger partial charge in [-0.3, -0.25) is 10.1 Å². The Morgan fingerprint density at radius 2 is 2.06 bits per heavy atom. The fourth-order valence-electron chi connectivity index (χ4n) is 1.43. The van der Waals surface area contributed by atoms with Crippen molar-refractivity contribution in [3.05, 3.63) is 27.3 Å². The van der Waals surface area contributed by atoms with E-state index in [1.54, 1.807) is 0 Å². The second-order valence-electron chi connectivity index (χ2n) is 3.20. The van der Waals surface area contributed by atoms with Crippen LogP contribution in [0.4, 0.5) is 5.69 Å². The van der Waals surface area contributed by atoms with Gasteiger partial charge in [-0.05, 0) is 13.0 Å². The molecule has 1 aromatic carbocycles. The van der Waals surface area contributed by atoms with E-state index in [1.165, 1.54) is 20.1 Å². The minimum Gasteiger partial charge on any atom is -0.501 e. The summed E-state index contributed by atoms with van der Waals surface area (Å²) < 4.78 is 9.32. The number of ether oxygens (including phenoxy) is 2. The smallest absolute Gasteiger partial charge is 0.342 e.